The quantitative estimate of drug-likeness (QED) is 0.0714. The molecule has 13 rings (SSSR count). The highest BCUT2D eigenvalue weighted by atomic mass is 32.1. The number of thiophene rings is 1. The van der Waals surface area contributed by atoms with Crippen LogP contribution in [0.3, 0.4) is 0 Å². The highest BCUT2D eigenvalue weighted by Gasteiger charge is 2.42. The van der Waals surface area contributed by atoms with E-state index in [1.165, 1.54) is 177 Å². The van der Waals surface area contributed by atoms with Gasteiger partial charge >= 0.3 is 0 Å². The smallest absolute Gasteiger partial charge is 0.160 e. The van der Waals surface area contributed by atoms with Crippen LogP contribution < -0.4 is 0 Å². The lowest BCUT2D eigenvalue weighted by Crippen LogP contribution is -2.25. The van der Waals surface area contributed by atoms with Crippen molar-refractivity contribution in [3.05, 3.63) is 217 Å². The van der Waals surface area contributed by atoms with E-state index in [4.69, 9.17) is 14.4 Å². The lowest BCUT2D eigenvalue weighted by molar-refractivity contribution is 0.398. The van der Waals surface area contributed by atoms with E-state index in [1.807, 2.05) is 12.1 Å². The molecular weight excluding hydrogens is 1000 g/mol. The molecule has 81 heavy (non-hydrogen) atoms. The molecule has 0 atom stereocenters. The van der Waals surface area contributed by atoms with Crippen molar-refractivity contribution >= 4 is 53.4 Å². The maximum Gasteiger partial charge on any atom is 0.160 e. The summed E-state index contributed by atoms with van der Waals surface area (Å²) in [5.74, 6) is 0.739. The van der Waals surface area contributed by atoms with Crippen molar-refractivity contribution in [2.75, 3.05) is 0 Å². The van der Waals surface area contributed by atoms with Crippen molar-refractivity contribution in [1.29, 1.82) is 0 Å². The Balaban J connectivity index is 0.782. The number of unbranched alkanes of at least 4 members (excludes halogenated alkanes) is 10. The van der Waals surface area contributed by atoms with E-state index in [1.54, 1.807) is 16.9 Å². The van der Waals surface area contributed by atoms with Crippen LogP contribution in [0.25, 0.3) is 120 Å². The van der Waals surface area contributed by atoms with E-state index < -0.39 is 0 Å². The first kappa shape index (κ1) is 52.5. The monoisotopic (exact) mass is 1070 g/mol. The summed E-state index contributed by atoms with van der Waals surface area (Å²) in [6.45, 7) is 8.87. The zero-order valence-corrected chi connectivity index (χ0v) is 48.4. The predicted octanol–water partition coefficient (Wildman–Crippen LogP) is 23.1. The van der Waals surface area contributed by atoms with Crippen molar-refractivity contribution in [3.8, 4) is 78.3 Å². The van der Waals surface area contributed by atoms with Gasteiger partial charge in [0, 0.05) is 53.2 Å². The van der Waals surface area contributed by atoms with Gasteiger partial charge in [0.1, 0.15) is 11.2 Å². The molecule has 3 heterocycles. The summed E-state index contributed by atoms with van der Waals surface area (Å²) in [6, 6.07) is 72.8. The topological polar surface area (TPSA) is 38.9 Å². The molecule has 1 aliphatic carbocycles. The molecule has 0 saturated heterocycles. The van der Waals surface area contributed by atoms with Crippen LogP contribution in [0.1, 0.15) is 126 Å². The minimum absolute atomic E-state index is 0.0323. The van der Waals surface area contributed by atoms with Crippen LogP contribution in [0.15, 0.2) is 199 Å². The van der Waals surface area contributed by atoms with E-state index in [0.29, 0.717) is 0 Å². The summed E-state index contributed by atoms with van der Waals surface area (Å²) in [5.41, 5.74) is 23.1. The van der Waals surface area contributed by atoms with Crippen LogP contribution in [-0.4, -0.2) is 9.97 Å². The number of hydrogen-bond donors (Lipinski definition) is 0. The fourth-order valence-electron chi connectivity index (χ4n) is 13.2. The molecule has 0 radical (unpaired) electrons. The maximum atomic E-state index is 6.24. The van der Waals surface area contributed by atoms with E-state index in [9.17, 15) is 0 Å². The van der Waals surface area contributed by atoms with E-state index in [-0.39, 0.29) is 5.41 Å². The number of aromatic nitrogens is 2. The molecule has 0 spiro atoms. The Kier molecular flexibility index (Phi) is 14.8. The fraction of sp³-hybridized carbons (Fsp3) is 0.247. The molecule has 3 aromatic heterocycles. The summed E-state index contributed by atoms with van der Waals surface area (Å²) >= 11 is 1.80. The zero-order valence-electron chi connectivity index (χ0n) is 47.6. The highest BCUT2D eigenvalue weighted by Crippen LogP contribution is 2.56. The summed E-state index contributed by atoms with van der Waals surface area (Å²) in [4.78, 5) is 10.2. The molecular formula is C77H72N2OS. The van der Waals surface area contributed by atoms with Crippen LogP contribution in [0.5, 0.6) is 0 Å². The van der Waals surface area contributed by atoms with Crippen molar-refractivity contribution in [2.24, 2.45) is 0 Å². The minimum atomic E-state index is -0.0323. The Morgan fingerprint density at radius 2 is 0.852 bits per heavy atom. The van der Waals surface area contributed by atoms with Gasteiger partial charge in [-0.25, -0.2) is 9.97 Å². The molecule has 0 unspecified atom stereocenters. The lowest BCUT2D eigenvalue weighted by Gasteiger charge is -2.33. The molecule has 1 aliphatic rings. The molecule has 0 fully saturated rings. The van der Waals surface area contributed by atoms with E-state index >= 15 is 0 Å². The number of benzene rings is 9. The summed E-state index contributed by atoms with van der Waals surface area (Å²) in [5, 5.41) is 4.74. The SMILES string of the molecule is CCCCCCCCC1(CCCCCCCC)c2cc(-c3ccc(-c4ccc(C)cc4)cc3)ccc2-c2ccc(-c3ccc(-c4ccc(-c5cc(C)nc(-c6ccc7sc8cc9oc%10ccccc%10c9cc8c7c6)n5)cc4)cc3)cc21. The van der Waals surface area contributed by atoms with Crippen molar-refractivity contribution in [1.82, 2.24) is 9.97 Å². The first-order valence-corrected chi connectivity index (χ1v) is 31.0. The largest absolute Gasteiger partial charge is 0.456 e. The molecule has 0 amide bonds. The molecule has 0 saturated carbocycles. The molecule has 3 nitrogen and oxygen atoms in total. The number of furan rings is 1. The first-order chi connectivity index (χ1) is 39.8. The second-order valence-electron chi connectivity index (χ2n) is 23.2. The number of rotatable bonds is 20. The fourth-order valence-corrected chi connectivity index (χ4v) is 14.3. The van der Waals surface area contributed by atoms with Crippen LogP contribution >= 0.6 is 11.3 Å². The summed E-state index contributed by atoms with van der Waals surface area (Å²) in [7, 11) is 0. The number of hydrogen-bond acceptors (Lipinski definition) is 4. The molecule has 9 aromatic carbocycles. The molecule has 402 valence electrons. The Morgan fingerprint density at radius 3 is 1.43 bits per heavy atom. The standard InChI is InChI=1S/C77H72N2OS/c1-5-7-9-11-13-17-43-77(44-18-14-12-10-8-6-2)69-47-60(57-29-25-54(26-30-57)53-23-21-51(3)22-24-53)37-40-63(69)64-41-38-61(48-70(64)77)58-31-27-55(28-32-58)56-33-35-59(36-34-56)71-45-52(4)78-76(79-71)62-39-42-74-67(46-62)68-49-66-65-19-15-16-20-72(65)80-73(66)50-75(68)81-74/h15-16,19-42,45-50H,5-14,17-18,43-44H2,1-4H3. The lowest BCUT2D eigenvalue weighted by atomic mass is 9.70. The normalized spacial score (nSPS) is 12.7. The highest BCUT2D eigenvalue weighted by molar-refractivity contribution is 7.25. The Labute approximate surface area is 482 Å². The summed E-state index contributed by atoms with van der Waals surface area (Å²) in [6.07, 6.45) is 18.0. The Morgan fingerprint density at radius 1 is 0.370 bits per heavy atom. The molecule has 0 N–H and O–H groups in total. The van der Waals surface area contributed by atoms with Gasteiger partial charge in [-0.1, -0.05) is 236 Å². The maximum absolute atomic E-state index is 6.24. The van der Waals surface area contributed by atoms with Gasteiger partial charge in [-0.05, 0) is 148 Å². The van der Waals surface area contributed by atoms with Gasteiger partial charge in [-0.3, -0.25) is 0 Å². The number of nitrogens with zero attached hydrogens (tertiary/aromatic N) is 2. The summed E-state index contributed by atoms with van der Waals surface area (Å²) < 4.78 is 8.70. The Bertz CT molecular complexity index is 4180. The molecule has 4 heteroatoms. The van der Waals surface area contributed by atoms with Crippen LogP contribution in [0.4, 0.5) is 0 Å². The molecule has 12 aromatic rings. The van der Waals surface area contributed by atoms with Gasteiger partial charge in [0.05, 0.1) is 5.69 Å². The second kappa shape index (κ2) is 22.9. The van der Waals surface area contributed by atoms with Crippen molar-refractivity contribution in [2.45, 2.75) is 123 Å². The van der Waals surface area contributed by atoms with Gasteiger partial charge in [0.25, 0.3) is 0 Å². The van der Waals surface area contributed by atoms with Crippen LogP contribution in [-0.2, 0) is 5.41 Å². The van der Waals surface area contributed by atoms with Crippen LogP contribution in [0.2, 0.25) is 0 Å². The minimum Gasteiger partial charge on any atom is -0.456 e. The molecule has 0 bridgehead atoms. The van der Waals surface area contributed by atoms with E-state index in [2.05, 4.69) is 210 Å². The third kappa shape index (κ3) is 10.4. The van der Waals surface area contributed by atoms with Gasteiger partial charge < -0.3 is 4.42 Å². The van der Waals surface area contributed by atoms with Gasteiger partial charge in [-0.2, -0.15) is 0 Å². The van der Waals surface area contributed by atoms with Crippen molar-refractivity contribution in [3.63, 3.8) is 0 Å². The van der Waals surface area contributed by atoms with Crippen molar-refractivity contribution < 1.29 is 4.42 Å². The third-order valence-corrected chi connectivity index (χ3v) is 18.8. The second-order valence-corrected chi connectivity index (χ2v) is 24.3. The number of fused-ring (bicyclic) bond motifs is 9. The van der Waals surface area contributed by atoms with Gasteiger partial charge in [0.2, 0.25) is 0 Å². The Hall–Kier alpha value is -7.92. The average Bonchev–Trinajstić information content (AvgIpc) is 4.01. The zero-order chi connectivity index (χ0) is 54.9. The molecule has 0 aliphatic heterocycles. The number of aryl methyl sites for hydroxylation is 2. The predicted molar refractivity (Wildman–Crippen MR) is 346 cm³/mol. The first-order valence-electron chi connectivity index (χ1n) is 30.1. The van der Waals surface area contributed by atoms with E-state index in [0.717, 1.165) is 50.3 Å². The van der Waals surface area contributed by atoms with Gasteiger partial charge in [-0.15, -0.1) is 11.3 Å². The van der Waals surface area contributed by atoms with Gasteiger partial charge in [0.15, 0.2) is 5.82 Å². The number of para-hydroxylation sites is 1. The average molecular weight is 1070 g/mol. The third-order valence-electron chi connectivity index (χ3n) is 17.7. The van der Waals surface area contributed by atoms with Crippen LogP contribution in [0, 0.1) is 13.8 Å².